The molecule has 0 radical (unpaired) electrons. The lowest BCUT2D eigenvalue weighted by atomic mass is 10.0. The molecule has 5 heteroatoms. The molecule has 8 aromatic carbocycles. The Morgan fingerprint density at radius 2 is 1.07 bits per heavy atom. The van der Waals surface area contributed by atoms with E-state index in [-0.39, 0.29) is 44.1 Å². The van der Waals surface area contributed by atoms with Crippen molar-refractivity contribution in [1.29, 1.82) is 0 Å². The van der Waals surface area contributed by atoms with Gasteiger partial charge in [-0.1, -0.05) is 158 Å². The summed E-state index contributed by atoms with van der Waals surface area (Å²) in [6.45, 7) is 0. The molecule has 0 aliphatic carbocycles. The Morgan fingerprint density at radius 3 is 1.87 bits per heavy atom. The lowest BCUT2D eigenvalue weighted by Crippen LogP contribution is -2.02. The summed E-state index contributed by atoms with van der Waals surface area (Å²) in [6.07, 6.45) is 0. The maximum Gasteiger partial charge on any atom is 0.164 e. The quantitative estimate of drug-likeness (QED) is 0.179. The highest BCUT2D eigenvalue weighted by molar-refractivity contribution is 6.19. The second-order valence-electron chi connectivity index (χ2n) is 12.9. The fraction of sp³-hybridized carbons (Fsp3) is 0. The minimum absolute atomic E-state index is 0.00577. The van der Waals surface area contributed by atoms with E-state index >= 15 is 0 Å². The molecule has 3 heterocycles. The van der Waals surface area contributed by atoms with Crippen LogP contribution < -0.4 is 0 Å². The van der Waals surface area contributed by atoms with Gasteiger partial charge in [-0.2, -0.15) is 0 Å². The summed E-state index contributed by atoms with van der Waals surface area (Å²) in [5, 5.41) is 0.899. The third kappa shape index (κ3) is 4.83. The van der Waals surface area contributed by atoms with Crippen LogP contribution in [-0.4, -0.2) is 19.5 Å². The van der Waals surface area contributed by atoms with Crippen LogP contribution in [0.2, 0.25) is 0 Å². The average Bonchev–Trinajstić information content (AvgIpc) is 3.89. The molecule has 0 bridgehead atoms. The van der Waals surface area contributed by atoms with Gasteiger partial charge in [-0.25, -0.2) is 15.0 Å². The minimum atomic E-state index is -0.586. The standard InChI is InChI=1S/C49H30N4O/c1-3-13-31(14-4-1)32-23-25-35(26-24-32)48-50-47(34-16-5-2-6-17-34)51-49(52-48)41-29-36(30-44-45(41)40-20-10-12-22-43(40)54-44)53-42-21-11-9-19-38(42)39-28-27-33-15-7-8-18-37(33)46(39)53/h1-30H/i7D,8D,9D,11D,15D,18D,19D,21D,27D,28D. The van der Waals surface area contributed by atoms with E-state index < -0.39 is 60.4 Å². The predicted octanol–water partition coefficient (Wildman–Crippen LogP) is 12.7. The number of rotatable bonds is 5. The number of para-hydroxylation sites is 2. The Labute approximate surface area is 324 Å². The number of hydrogen-bond acceptors (Lipinski definition) is 4. The molecule has 11 rings (SSSR count). The molecule has 0 aliphatic rings. The number of furan rings is 1. The van der Waals surface area contributed by atoms with Gasteiger partial charge in [-0.15, -0.1) is 0 Å². The average molecular weight is 701 g/mol. The maximum absolute atomic E-state index is 9.31. The first-order valence-electron chi connectivity index (χ1n) is 22.3. The highest BCUT2D eigenvalue weighted by Crippen LogP contribution is 2.42. The van der Waals surface area contributed by atoms with Gasteiger partial charge in [0.2, 0.25) is 0 Å². The van der Waals surface area contributed by atoms with Gasteiger partial charge < -0.3 is 8.98 Å². The summed E-state index contributed by atoms with van der Waals surface area (Å²) >= 11 is 0. The van der Waals surface area contributed by atoms with Gasteiger partial charge in [0.05, 0.1) is 30.4 Å². The first kappa shape index (κ1) is 21.9. The Bertz CT molecular complexity index is 3780. The fourth-order valence-corrected chi connectivity index (χ4v) is 7.25. The van der Waals surface area contributed by atoms with Crippen LogP contribution in [0.3, 0.4) is 0 Å². The molecule has 0 unspecified atom stereocenters. The zero-order valence-electron chi connectivity index (χ0n) is 38.2. The number of benzene rings is 8. The van der Waals surface area contributed by atoms with Crippen LogP contribution in [0, 0.1) is 0 Å². The third-order valence-corrected chi connectivity index (χ3v) is 9.72. The molecule has 11 aromatic rings. The van der Waals surface area contributed by atoms with E-state index in [1.165, 1.54) is 4.57 Å². The van der Waals surface area contributed by atoms with Crippen LogP contribution >= 0.6 is 0 Å². The van der Waals surface area contributed by atoms with Gasteiger partial charge in [0, 0.05) is 49.7 Å². The van der Waals surface area contributed by atoms with Crippen LogP contribution in [0.1, 0.15) is 13.7 Å². The summed E-state index contributed by atoms with van der Waals surface area (Å²) < 4.78 is 97.6. The largest absolute Gasteiger partial charge is 0.456 e. The van der Waals surface area contributed by atoms with Crippen molar-refractivity contribution in [2.24, 2.45) is 0 Å². The van der Waals surface area contributed by atoms with Gasteiger partial charge in [-0.3, -0.25) is 0 Å². The zero-order valence-corrected chi connectivity index (χ0v) is 28.2. The molecule has 0 fully saturated rings. The lowest BCUT2D eigenvalue weighted by Gasteiger charge is -2.14. The molecule has 0 saturated carbocycles. The Kier molecular flexibility index (Phi) is 4.90. The van der Waals surface area contributed by atoms with Crippen molar-refractivity contribution in [2.75, 3.05) is 0 Å². The molecule has 252 valence electrons. The summed E-state index contributed by atoms with van der Waals surface area (Å²) in [6, 6.07) is 33.1. The summed E-state index contributed by atoms with van der Waals surface area (Å²) in [5.74, 6) is 1.01. The van der Waals surface area contributed by atoms with E-state index in [9.17, 15) is 4.11 Å². The number of hydrogen-bond donors (Lipinski definition) is 0. The van der Waals surface area contributed by atoms with Crippen molar-refractivity contribution in [1.82, 2.24) is 19.5 Å². The van der Waals surface area contributed by atoms with Crippen molar-refractivity contribution in [3.8, 4) is 51.0 Å². The Hall–Kier alpha value is -7.37. The molecule has 3 aromatic heterocycles. The highest BCUT2D eigenvalue weighted by atomic mass is 16.3. The van der Waals surface area contributed by atoms with Gasteiger partial charge >= 0.3 is 0 Å². The van der Waals surface area contributed by atoms with Crippen molar-refractivity contribution in [2.45, 2.75) is 0 Å². The first-order chi connectivity index (χ1) is 30.9. The molecule has 0 aliphatic heterocycles. The number of aromatic nitrogens is 4. The number of nitrogens with zero attached hydrogens (tertiary/aromatic N) is 4. The molecular weight excluding hydrogens is 661 g/mol. The zero-order chi connectivity index (χ0) is 44.3. The Balaban J connectivity index is 1.29. The van der Waals surface area contributed by atoms with Crippen LogP contribution in [-0.2, 0) is 0 Å². The van der Waals surface area contributed by atoms with E-state index in [0.29, 0.717) is 33.8 Å². The first-order valence-corrected chi connectivity index (χ1v) is 17.3. The molecule has 0 atom stereocenters. The van der Waals surface area contributed by atoms with Crippen molar-refractivity contribution in [3.63, 3.8) is 0 Å². The van der Waals surface area contributed by atoms with E-state index in [1.54, 1.807) is 12.1 Å². The third-order valence-electron chi connectivity index (χ3n) is 9.72. The van der Waals surface area contributed by atoms with E-state index in [0.717, 1.165) is 27.6 Å². The summed E-state index contributed by atoms with van der Waals surface area (Å²) in [7, 11) is 0. The van der Waals surface area contributed by atoms with Crippen LogP contribution in [0.25, 0.3) is 105 Å². The smallest absolute Gasteiger partial charge is 0.164 e. The lowest BCUT2D eigenvalue weighted by molar-refractivity contribution is 0.668. The van der Waals surface area contributed by atoms with Crippen LogP contribution in [0.15, 0.2) is 186 Å². The molecule has 0 amide bonds. The Morgan fingerprint density at radius 1 is 0.463 bits per heavy atom. The summed E-state index contributed by atoms with van der Waals surface area (Å²) in [4.78, 5) is 15.2. The summed E-state index contributed by atoms with van der Waals surface area (Å²) in [5.41, 5.74) is 5.07. The fourth-order valence-electron chi connectivity index (χ4n) is 7.25. The second-order valence-corrected chi connectivity index (χ2v) is 12.9. The van der Waals surface area contributed by atoms with Gasteiger partial charge in [0.1, 0.15) is 11.2 Å². The van der Waals surface area contributed by atoms with E-state index in [1.807, 2.05) is 109 Å². The van der Waals surface area contributed by atoms with Crippen LogP contribution in [0.4, 0.5) is 0 Å². The normalized spacial score (nSPS) is 14.3. The van der Waals surface area contributed by atoms with Crippen molar-refractivity contribution >= 4 is 54.5 Å². The second kappa shape index (κ2) is 12.1. The predicted molar refractivity (Wildman–Crippen MR) is 221 cm³/mol. The van der Waals surface area contributed by atoms with Gasteiger partial charge in [0.25, 0.3) is 0 Å². The van der Waals surface area contributed by atoms with Crippen LogP contribution in [0.5, 0.6) is 0 Å². The maximum atomic E-state index is 9.31. The molecule has 54 heavy (non-hydrogen) atoms. The van der Waals surface area contributed by atoms with Crippen molar-refractivity contribution < 1.29 is 18.1 Å². The monoisotopic (exact) mass is 700 g/mol. The van der Waals surface area contributed by atoms with Gasteiger partial charge in [-0.05, 0) is 34.7 Å². The molecule has 5 nitrogen and oxygen atoms in total. The van der Waals surface area contributed by atoms with E-state index in [4.69, 9.17) is 29.0 Å². The van der Waals surface area contributed by atoms with Crippen molar-refractivity contribution in [3.05, 3.63) is 182 Å². The number of fused-ring (bicyclic) bond motifs is 8. The van der Waals surface area contributed by atoms with E-state index in [2.05, 4.69) is 0 Å². The van der Waals surface area contributed by atoms with Gasteiger partial charge in [0.15, 0.2) is 17.5 Å². The SMILES string of the molecule is [2H]c1c([2H])c([2H])c2c(c1[2H])c([2H])c([2H])c1c3c([2H])c([2H])c([2H])c([2H])c3n(-c3cc(-c4nc(-c5ccccc5)nc(-c5ccc(-c6ccccc6)cc5)n4)c4c(c3)oc3ccccc34)c21. The molecule has 0 spiro atoms. The molecule has 0 saturated heterocycles. The molecule has 0 N–H and O–H groups in total. The highest BCUT2D eigenvalue weighted by Gasteiger charge is 2.22. The topological polar surface area (TPSA) is 56.7 Å². The minimum Gasteiger partial charge on any atom is -0.456 e. The molecular formula is C49H30N4O.